The third-order valence-corrected chi connectivity index (χ3v) is 15.4. The lowest BCUT2D eigenvalue weighted by molar-refractivity contribution is -0.302. The molecule has 7 atom stereocenters. The summed E-state index contributed by atoms with van der Waals surface area (Å²) < 4.78 is 11.3. The number of unbranched alkanes of at least 4 members (excludes halogenated alkanes) is 28. The third-order valence-electron chi connectivity index (χ3n) is 15.4. The lowest BCUT2D eigenvalue weighted by atomic mass is 9.99. The Hall–Kier alpha value is -3.67. The first-order valence-corrected chi connectivity index (χ1v) is 34.4. The summed E-state index contributed by atoms with van der Waals surface area (Å²) in [5, 5.41) is 54.7. The summed E-state index contributed by atoms with van der Waals surface area (Å²) in [6, 6.07) is -0.849. The molecule has 480 valence electrons. The summed E-state index contributed by atoms with van der Waals surface area (Å²) in [7, 11) is 0. The Morgan fingerprint density at radius 2 is 0.750 bits per heavy atom. The molecule has 1 fully saturated rings. The molecule has 9 nitrogen and oxygen atoms in total. The van der Waals surface area contributed by atoms with Gasteiger partial charge in [0.05, 0.1) is 25.4 Å². The summed E-state index contributed by atoms with van der Waals surface area (Å²) in [5.41, 5.74) is 0. The molecule has 1 rings (SSSR count). The second-order valence-corrected chi connectivity index (χ2v) is 23.2. The van der Waals surface area contributed by atoms with Crippen LogP contribution < -0.4 is 5.32 Å². The first-order valence-electron chi connectivity index (χ1n) is 34.4. The zero-order valence-corrected chi connectivity index (χ0v) is 53.6. The molecule has 1 saturated heterocycles. The van der Waals surface area contributed by atoms with Crippen LogP contribution in [-0.4, -0.2) is 87.5 Å². The van der Waals surface area contributed by atoms with E-state index in [0.29, 0.717) is 6.42 Å². The van der Waals surface area contributed by atoms with Crippen molar-refractivity contribution in [3.63, 3.8) is 0 Å². The average Bonchev–Trinajstić information content (AvgIpc) is 3.70. The maximum Gasteiger partial charge on any atom is 0.220 e. The molecule has 7 unspecified atom stereocenters. The Morgan fingerprint density at radius 3 is 1.14 bits per heavy atom. The van der Waals surface area contributed by atoms with E-state index in [1.165, 1.54) is 128 Å². The van der Waals surface area contributed by atoms with Crippen molar-refractivity contribution in [1.82, 2.24) is 5.32 Å². The van der Waals surface area contributed by atoms with Crippen molar-refractivity contribution in [2.24, 2.45) is 0 Å². The smallest absolute Gasteiger partial charge is 0.220 e. The zero-order valence-electron chi connectivity index (χ0n) is 53.6. The Kier molecular flexibility index (Phi) is 58.2. The summed E-state index contributed by atoms with van der Waals surface area (Å²) >= 11 is 0. The molecule has 1 aliphatic rings. The largest absolute Gasteiger partial charge is 0.394 e. The Labute approximate surface area is 515 Å². The number of aliphatic hydroxyl groups excluding tert-OH is 5. The van der Waals surface area contributed by atoms with Crippen molar-refractivity contribution in [3.05, 3.63) is 134 Å². The van der Waals surface area contributed by atoms with Crippen molar-refractivity contribution in [1.29, 1.82) is 0 Å². The van der Waals surface area contributed by atoms with E-state index in [-0.39, 0.29) is 12.5 Å². The van der Waals surface area contributed by atoms with Gasteiger partial charge in [-0.1, -0.05) is 295 Å². The minimum absolute atomic E-state index is 0.209. The number of carbonyl (C=O) groups is 1. The van der Waals surface area contributed by atoms with E-state index >= 15 is 0 Å². The molecule has 0 bridgehead atoms. The fourth-order valence-electron chi connectivity index (χ4n) is 10.1. The summed E-state index contributed by atoms with van der Waals surface area (Å²) in [6.45, 7) is 3.65. The molecule has 1 heterocycles. The van der Waals surface area contributed by atoms with Crippen LogP contribution >= 0.6 is 0 Å². The van der Waals surface area contributed by atoms with Crippen LogP contribution in [-0.2, 0) is 14.3 Å². The lowest BCUT2D eigenvalue weighted by Gasteiger charge is -2.40. The normalized spacial score (nSPS) is 19.1. The van der Waals surface area contributed by atoms with Crippen molar-refractivity contribution in [2.75, 3.05) is 13.2 Å². The highest BCUT2D eigenvalue weighted by molar-refractivity contribution is 5.76. The van der Waals surface area contributed by atoms with Gasteiger partial charge >= 0.3 is 0 Å². The molecule has 0 aromatic carbocycles. The lowest BCUT2D eigenvalue weighted by Crippen LogP contribution is -2.60. The van der Waals surface area contributed by atoms with Gasteiger partial charge in [-0.2, -0.15) is 0 Å². The molecule has 0 aromatic heterocycles. The van der Waals surface area contributed by atoms with E-state index < -0.39 is 49.5 Å². The van der Waals surface area contributed by atoms with Crippen molar-refractivity contribution >= 4 is 5.91 Å². The Bertz CT molecular complexity index is 1790. The highest BCUT2D eigenvalue weighted by Gasteiger charge is 2.44. The van der Waals surface area contributed by atoms with Crippen LogP contribution in [0.4, 0.5) is 0 Å². The van der Waals surface area contributed by atoms with Gasteiger partial charge < -0.3 is 40.3 Å². The van der Waals surface area contributed by atoms with E-state index in [1.807, 2.05) is 6.08 Å². The van der Waals surface area contributed by atoms with Crippen molar-refractivity contribution in [3.8, 4) is 0 Å². The molecule has 0 saturated carbocycles. The molecule has 1 aliphatic heterocycles. The van der Waals surface area contributed by atoms with Crippen LogP contribution in [0.1, 0.15) is 277 Å². The molecular formula is C75H127NO8. The molecule has 9 heteroatoms. The quantitative estimate of drug-likeness (QED) is 0.0261. The number of aliphatic hydroxyl groups is 5. The van der Waals surface area contributed by atoms with Gasteiger partial charge in [0.2, 0.25) is 5.91 Å². The summed E-state index contributed by atoms with van der Waals surface area (Å²) in [4.78, 5) is 13.1. The van der Waals surface area contributed by atoms with E-state index in [1.54, 1.807) is 6.08 Å². The first kappa shape index (κ1) is 78.3. The number of rotatable bonds is 58. The third kappa shape index (κ3) is 50.5. The molecule has 0 spiro atoms. The number of allylic oxidation sites excluding steroid dienone is 21. The summed E-state index contributed by atoms with van der Waals surface area (Å²) in [6.07, 6.45) is 88.3. The number of hydrogen-bond donors (Lipinski definition) is 6. The Morgan fingerprint density at radius 1 is 0.417 bits per heavy atom. The Balaban J connectivity index is 2.22. The molecule has 0 aromatic rings. The van der Waals surface area contributed by atoms with Crippen LogP contribution in [0.3, 0.4) is 0 Å². The van der Waals surface area contributed by atoms with Gasteiger partial charge in [-0.05, 0) is 109 Å². The maximum atomic E-state index is 13.1. The first-order chi connectivity index (χ1) is 41.3. The van der Waals surface area contributed by atoms with Crippen molar-refractivity contribution in [2.45, 2.75) is 320 Å². The van der Waals surface area contributed by atoms with Crippen LogP contribution in [0.2, 0.25) is 0 Å². The molecule has 1 amide bonds. The minimum atomic E-state index is -1.59. The number of ether oxygens (including phenoxy) is 2. The van der Waals surface area contributed by atoms with Crippen molar-refractivity contribution < 1.29 is 39.8 Å². The molecule has 0 radical (unpaired) electrons. The zero-order chi connectivity index (χ0) is 60.7. The topological polar surface area (TPSA) is 149 Å². The van der Waals surface area contributed by atoms with E-state index in [0.717, 1.165) is 128 Å². The number of hydrogen-bond acceptors (Lipinski definition) is 8. The van der Waals surface area contributed by atoms with Crippen LogP contribution in [0.15, 0.2) is 134 Å². The minimum Gasteiger partial charge on any atom is -0.394 e. The monoisotopic (exact) mass is 1170 g/mol. The van der Waals surface area contributed by atoms with Gasteiger partial charge in [0.25, 0.3) is 0 Å². The second-order valence-electron chi connectivity index (χ2n) is 23.2. The van der Waals surface area contributed by atoms with Gasteiger partial charge in [0.15, 0.2) is 6.29 Å². The predicted molar refractivity (Wildman–Crippen MR) is 359 cm³/mol. The van der Waals surface area contributed by atoms with Gasteiger partial charge in [-0.3, -0.25) is 4.79 Å². The number of nitrogens with one attached hydrogen (secondary N) is 1. The van der Waals surface area contributed by atoms with Gasteiger partial charge in [-0.25, -0.2) is 0 Å². The van der Waals surface area contributed by atoms with Crippen LogP contribution in [0, 0.1) is 0 Å². The van der Waals surface area contributed by atoms with Gasteiger partial charge in [0.1, 0.15) is 24.4 Å². The van der Waals surface area contributed by atoms with E-state index in [9.17, 15) is 30.3 Å². The fourth-order valence-corrected chi connectivity index (χ4v) is 10.1. The maximum absolute atomic E-state index is 13.1. The SMILES string of the molecule is CC/C=C\C/C=C\C/C=C\C/C=C\C/C=C\C/C=C\C/C=C\C/C=C\CCCCCCCCC(=O)NC(COC1OC(CO)C(O)C(O)C1O)C(O)/C=C/CC/C=C/CC/C=C/CCCCCCCCCCCCCCCCCCCCCC. The van der Waals surface area contributed by atoms with Gasteiger partial charge in [0, 0.05) is 6.42 Å². The average molecular weight is 1170 g/mol. The van der Waals surface area contributed by atoms with Crippen LogP contribution in [0.5, 0.6) is 0 Å². The summed E-state index contributed by atoms with van der Waals surface area (Å²) in [5.74, 6) is -0.209. The highest BCUT2D eigenvalue weighted by Crippen LogP contribution is 2.23. The van der Waals surface area contributed by atoms with E-state index in [4.69, 9.17) is 9.47 Å². The fraction of sp³-hybridized carbons (Fsp3) is 0.693. The van der Waals surface area contributed by atoms with Crippen LogP contribution in [0.25, 0.3) is 0 Å². The standard InChI is InChI=1S/C75H127NO8/c1-3-5-7-9-11-13-15-17-19-21-23-25-27-29-31-33-35-37-39-41-43-45-47-49-51-53-55-57-59-61-63-65-71(79)76-68(67-83-75-74(82)73(81)72(80)70(66-77)84-75)69(78)64-62-60-58-56-54-52-50-48-46-44-42-40-38-36-34-32-30-28-26-24-22-20-18-16-14-12-10-8-6-4-2/h5,7,11,13,17,19,23,25,29,31,35,37,41,43,46-49,54,56,62,64,68-70,72-75,77-78,80-82H,3-4,6,8-10,12,14-16,18,20-22,24,26-28,30,32-34,36,38-40,42,44-45,50-53,55,57-61,63,65-67H2,1-2H3,(H,76,79)/b7-5-,13-11-,19-17-,25-23-,31-29-,37-35-,43-41-,48-46+,49-47-,56-54+,64-62+. The molecule has 6 N–H and O–H groups in total. The second kappa shape index (κ2) is 62.4. The van der Waals surface area contributed by atoms with E-state index in [2.05, 4.69) is 141 Å². The van der Waals surface area contributed by atoms with Gasteiger partial charge in [-0.15, -0.1) is 0 Å². The number of carbonyl (C=O) groups excluding carboxylic acids is 1. The molecule has 0 aliphatic carbocycles. The highest BCUT2D eigenvalue weighted by atomic mass is 16.7. The molecular weight excluding hydrogens is 1040 g/mol. The predicted octanol–water partition coefficient (Wildman–Crippen LogP) is 18.8. The molecule has 84 heavy (non-hydrogen) atoms. The number of amides is 1.